The SMILES string of the molecule is CN(C)C(=O)CC(NC(=O)COC1CCCC1)c1ccccc1. The molecule has 1 fully saturated rings. The first-order chi connectivity index (χ1) is 11.1. The van der Waals surface area contributed by atoms with Crippen LogP contribution in [0.15, 0.2) is 30.3 Å². The number of benzene rings is 1. The number of rotatable bonds is 7. The van der Waals surface area contributed by atoms with Gasteiger partial charge in [-0.3, -0.25) is 9.59 Å². The molecule has 1 aliphatic rings. The number of carbonyl (C=O) groups excluding carboxylic acids is 2. The number of amides is 2. The van der Waals surface area contributed by atoms with E-state index >= 15 is 0 Å². The summed E-state index contributed by atoms with van der Waals surface area (Å²) in [7, 11) is 3.44. The minimum atomic E-state index is -0.328. The normalized spacial score (nSPS) is 16.1. The van der Waals surface area contributed by atoms with Crippen LogP contribution in [0, 0.1) is 0 Å². The van der Waals surface area contributed by atoms with Gasteiger partial charge in [-0.15, -0.1) is 0 Å². The van der Waals surface area contributed by atoms with Gasteiger partial charge in [0, 0.05) is 14.1 Å². The number of carbonyl (C=O) groups is 2. The highest BCUT2D eigenvalue weighted by Crippen LogP contribution is 2.21. The minimum Gasteiger partial charge on any atom is -0.368 e. The Morgan fingerprint density at radius 1 is 1.22 bits per heavy atom. The molecule has 0 heterocycles. The van der Waals surface area contributed by atoms with Gasteiger partial charge in [-0.05, 0) is 18.4 Å². The van der Waals surface area contributed by atoms with Crippen molar-refractivity contribution in [2.24, 2.45) is 0 Å². The summed E-state index contributed by atoms with van der Waals surface area (Å²) in [6.07, 6.45) is 4.88. The van der Waals surface area contributed by atoms with Gasteiger partial charge in [-0.2, -0.15) is 0 Å². The Balaban J connectivity index is 1.93. The molecule has 23 heavy (non-hydrogen) atoms. The van der Waals surface area contributed by atoms with Gasteiger partial charge in [0.15, 0.2) is 0 Å². The van der Waals surface area contributed by atoms with Crippen molar-refractivity contribution >= 4 is 11.8 Å². The van der Waals surface area contributed by atoms with Crippen LogP contribution in [0.4, 0.5) is 0 Å². The third kappa shape index (κ3) is 5.67. The summed E-state index contributed by atoms with van der Waals surface area (Å²) in [5, 5.41) is 2.93. The third-order valence-electron chi connectivity index (χ3n) is 4.17. The fourth-order valence-corrected chi connectivity index (χ4v) is 2.78. The van der Waals surface area contributed by atoms with Crippen LogP contribution < -0.4 is 5.32 Å². The Kier molecular flexibility index (Phi) is 6.59. The molecule has 0 aliphatic heterocycles. The second kappa shape index (κ2) is 8.67. The molecule has 0 saturated heterocycles. The lowest BCUT2D eigenvalue weighted by Crippen LogP contribution is -2.36. The van der Waals surface area contributed by atoms with Crippen molar-refractivity contribution in [1.29, 1.82) is 0 Å². The summed E-state index contributed by atoms with van der Waals surface area (Å²) in [5.41, 5.74) is 0.928. The molecule has 1 N–H and O–H groups in total. The quantitative estimate of drug-likeness (QED) is 0.839. The van der Waals surface area contributed by atoms with E-state index in [0.29, 0.717) is 0 Å². The van der Waals surface area contributed by atoms with E-state index in [1.807, 2.05) is 30.3 Å². The van der Waals surface area contributed by atoms with E-state index in [1.165, 1.54) is 17.7 Å². The van der Waals surface area contributed by atoms with E-state index in [0.717, 1.165) is 18.4 Å². The van der Waals surface area contributed by atoms with Gasteiger partial charge in [0.05, 0.1) is 18.6 Å². The smallest absolute Gasteiger partial charge is 0.246 e. The fourth-order valence-electron chi connectivity index (χ4n) is 2.78. The molecule has 1 aliphatic carbocycles. The Morgan fingerprint density at radius 2 is 1.87 bits per heavy atom. The topological polar surface area (TPSA) is 58.6 Å². The van der Waals surface area contributed by atoms with Crippen molar-refractivity contribution in [3.8, 4) is 0 Å². The van der Waals surface area contributed by atoms with Crippen LogP contribution in [0.5, 0.6) is 0 Å². The molecular formula is C18H26N2O3. The van der Waals surface area contributed by atoms with Crippen molar-refractivity contribution in [1.82, 2.24) is 10.2 Å². The summed E-state index contributed by atoms with van der Waals surface area (Å²) >= 11 is 0. The first-order valence-corrected chi connectivity index (χ1v) is 8.22. The first kappa shape index (κ1) is 17.5. The lowest BCUT2D eigenvalue weighted by atomic mass is 10.0. The third-order valence-corrected chi connectivity index (χ3v) is 4.17. The summed E-state index contributed by atoms with van der Waals surface area (Å²) in [6.45, 7) is 0.0597. The van der Waals surface area contributed by atoms with E-state index in [9.17, 15) is 9.59 Å². The lowest BCUT2D eigenvalue weighted by Gasteiger charge is -2.21. The van der Waals surface area contributed by atoms with Gasteiger partial charge < -0.3 is 15.0 Å². The van der Waals surface area contributed by atoms with Crippen molar-refractivity contribution in [3.05, 3.63) is 35.9 Å². The van der Waals surface area contributed by atoms with Crippen LogP contribution in [0.1, 0.15) is 43.7 Å². The van der Waals surface area contributed by atoms with Crippen LogP contribution >= 0.6 is 0 Å². The molecule has 126 valence electrons. The fraction of sp³-hybridized carbons (Fsp3) is 0.556. The largest absolute Gasteiger partial charge is 0.368 e. The molecule has 1 atom stereocenters. The molecule has 0 spiro atoms. The van der Waals surface area contributed by atoms with Crippen LogP contribution in [-0.4, -0.2) is 43.5 Å². The molecule has 1 aromatic carbocycles. The van der Waals surface area contributed by atoms with Crippen molar-refractivity contribution in [2.75, 3.05) is 20.7 Å². The lowest BCUT2D eigenvalue weighted by molar-refractivity contribution is -0.131. The number of nitrogens with zero attached hydrogens (tertiary/aromatic N) is 1. The standard InChI is InChI=1S/C18H26N2O3/c1-20(2)18(22)12-16(14-8-4-3-5-9-14)19-17(21)13-23-15-10-6-7-11-15/h3-5,8-9,15-16H,6-7,10-13H2,1-2H3,(H,19,21). The van der Waals surface area contributed by atoms with E-state index < -0.39 is 0 Å². The summed E-state index contributed by atoms with van der Waals surface area (Å²) in [4.78, 5) is 25.7. The summed E-state index contributed by atoms with van der Waals surface area (Å²) in [5.74, 6) is -0.187. The maximum Gasteiger partial charge on any atom is 0.246 e. The summed E-state index contributed by atoms with van der Waals surface area (Å²) < 4.78 is 5.65. The maximum absolute atomic E-state index is 12.2. The van der Waals surface area contributed by atoms with Gasteiger partial charge in [0.25, 0.3) is 0 Å². The molecule has 5 heteroatoms. The number of nitrogens with one attached hydrogen (secondary N) is 1. The molecular weight excluding hydrogens is 292 g/mol. The number of hydrogen-bond donors (Lipinski definition) is 1. The molecule has 1 aromatic rings. The van der Waals surface area contributed by atoms with Gasteiger partial charge in [0.2, 0.25) is 11.8 Å². The Labute approximate surface area is 138 Å². The maximum atomic E-state index is 12.2. The van der Waals surface area contributed by atoms with Gasteiger partial charge in [-0.25, -0.2) is 0 Å². The molecule has 2 rings (SSSR count). The number of hydrogen-bond acceptors (Lipinski definition) is 3. The van der Waals surface area contributed by atoms with Crippen molar-refractivity contribution < 1.29 is 14.3 Å². The molecule has 1 saturated carbocycles. The van der Waals surface area contributed by atoms with E-state index in [-0.39, 0.29) is 37.0 Å². The molecule has 2 amide bonds. The molecule has 0 bridgehead atoms. The van der Waals surface area contributed by atoms with Gasteiger partial charge in [0.1, 0.15) is 6.61 Å². The second-order valence-electron chi connectivity index (χ2n) is 6.24. The van der Waals surface area contributed by atoms with E-state index in [4.69, 9.17) is 4.74 Å². The Bertz CT molecular complexity index is 510. The highest BCUT2D eigenvalue weighted by molar-refractivity contribution is 5.80. The highest BCUT2D eigenvalue weighted by Gasteiger charge is 2.21. The molecule has 1 unspecified atom stereocenters. The zero-order valence-electron chi connectivity index (χ0n) is 14.0. The highest BCUT2D eigenvalue weighted by atomic mass is 16.5. The zero-order chi connectivity index (χ0) is 16.7. The summed E-state index contributed by atoms with van der Waals surface area (Å²) in [6, 6.07) is 9.25. The average molecular weight is 318 g/mol. The van der Waals surface area contributed by atoms with Crippen LogP contribution in [0.3, 0.4) is 0 Å². The van der Waals surface area contributed by atoms with Crippen molar-refractivity contribution in [2.45, 2.75) is 44.2 Å². The van der Waals surface area contributed by atoms with E-state index in [1.54, 1.807) is 14.1 Å². The predicted molar refractivity (Wildman–Crippen MR) is 88.8 cm³/mol. The van der Waals surface area contributed by atoms with Crippen LogP contribution in [0.25, 0.3) is 0 Å². The van der Waals surface area contributed by atoms with Crippen molar-refractivity contribution in [3.63, 3.8) is 0 Å². The first-order valence-electron chi connectivity index (χ1n) is 8.22. The monoisotopic (exact) mass is 318 g/mol. The zero-order valence-corrected chi connectivity index (χ0v) is 14.0. The van der Waals surface area contributed by atoms with Gasteiger partial charge >= 0.3 is 0 Å². The van der Waals surface area contributed by atoms with Gasteiger partial charge in [-0.1, -0.05) is 43.2 Å². The minimum absolute atomic E-state index is 0.0177. The number of ether oxygens (including phenoxy) is 1. The molecule has 0 radical (unpaired) electrons. The predicted octanol–water partition coefficient (Wildman–Crippen LogP) is 2.28. The Hall–Kier alpha value is -1.88. The van der Waals surface area contributed by atoms with E-state index in [2.05, 4.69) is 5.32 Å². The molecule has 0 aromatic heterocycles. The second-order valence-corrected chi connectivity index (χ2v) is 6.24. The van der Waals surface area contributed by atoms with Crippen LogP contribution in [0.2, 0.25) is 0 Å². The molecule has 5 nitrogen and oxygen atoms in total. The average Bonchev–Trinajstić information content (AvgIpc) is 3.06. The van der Waals surface area contributed by atoms with Crippen LogP contribution in [-0.2, 0) is 14.3 Å². The Morgan fingerprint density at radius 3 is 2.48 bits per heavy atom.